The molecule has 114 valence electrons. The number of hydrogen-bond acceptors (Lipinski definition) is 4. The summed E-state index contributed by atoms with van der Waals surface area (Å²) in [5.41, 5.74) is 1.66. The second kappa shape index (κ2) is 6.19. The van der Waals surface area contributed by atoms with E-state index in [4.69, 9.17) is 5.11 Å². The van der Waals surface area contributed by atoms with Gasteiger partial charge in [-0.1, -0.05) is 22.0 Å². The number of anilines is 1. The van der Waals surface area contributed by atoms with Gasteiger partial charge in [-0.25, -0.2) is 13.2 Å². The molecule has 1 aliphatic rings. The molecule has 0 aromatic heterocycles. The molecule has 1 heterocycles. The lowest BCUT2D eigenvalue weighted by Crippen LogP contribution is -2.32. The monoisotopic (exact) mass is 373 g/mol. The number of carboxylic acid groups (broad SMARTS) is 1. The molecule has 0 bridgehead atoms. The largest absolute Gasteiger partial charge is 0.478 e. The first-order valence-electron chi connectivity index (χ1n) is 6.42. The normalized spacial score (nSPS) is 20.8. The summed E-state index contributed by atoms with van der Waals surface area (Å²) in [6, 6.07) is 5.52. The maximum absolute atomic E-state index is 11.5. The van der Waals surface area contributed by atoms with E-state index < -0.39 is 15.8 Å². The van der Waals surface area contributed by atoms with Gasteiger partial charge >= 0.3 is 5.97 Å². The summed E-state index contributed by atoms with van der Waals surface area (Å²) in [7, 11) is -1.04. The average molecular weight is 374 g/mol. The Kier molecular flexibility index (Phi) is 4.73. The average Bonchev–Trinajstić information content (AvgIpc) is 2.76. The van der Waals surface area contributed by atoms with Crippen molar-refractivity contribution in [3.8, 4) is 0 Å². The van der Waals surface area contributed by atoms with Gasteiger partial charge < -0.3 is 10.0 Å². The van der Waals surface area contributed by atoms with Gasteiger partial charge in [0.25, 0.3) is 0 Å². The molecule has 1 aliphatic heterocycles. The Bertz CT molecular complexity index is 684. The number of aliphatic carboxylic acids is 1. The quantitative estimate of drug-likeness (QED) is 0.818. The summed E-state index contributed by atoms with van der Waals surface area (Å²) in [6.45, 7) is 0. The molecular weight excluding hydrogens is 358 g/mol. The Balaban J connectivity index is 2.18. The summed E-state index contributed by atoms with van der Waals surface area (Å²) in [5, 5.41) is 8.63. The minimum absolute atomic E-state index is 0.0117. The number of carbonyl (C=O) groups is 1. The maximum atomic E-state index is 11.5. The van der Waals surface area contributed by atoms with Gasteiger partial charge in [0.15, 0.2) is 9.84 Å². The van der Waals surface area contributed by atoms with Crippen molar-refractivity contribution in [3.05, 3.63) is 34.3 Å². The number of hydrogen-bond donors (Lipinski definition) is 1. The van der Waals surface area contributed by atoms with E-state index in [0.717, 1.165) is 21.8 Å². The second-order valence-electron chi connectivity index (χ2n) is 5.05. The molecule has 2 rings (SSSR count). The summed E-state index contributed by atoms with van der Waals surface area (Å²) < 4.78 is 23.9. The molecule has 0 aliphatic carbocycles. The third-order valence-corrected chi connectivity index (χ3v) is 5.99. The van der Waals surface area contributed by atoms with Crippen molar-refractivity contribution in [3.63, 3.8) is 0 Å². The zero-order valence-corrected chi connectivity index (χ0v) is 13.9. The number of halogens is 1. The predicted octanol–water partition coefficient (Wildman–Crippen LogP) is 2.17. The van der Waals surface area contributed by atoms with Crippen molar-refractivity contribution < 1.29 is 18.3 Å². The molecule has 0 amide bonds. The van der Waals surface area contributed by atoms with Crippen LogP contribution >= 0.6 is 15.9 Å². The van der Waals surface area contributed by atoms with Crippen molar-refractivity contribution in [2.75, 3.05) is 23.5 Å². The van der Waals surface area contributed by atoms with Gasteiger partial charge in [0.1, 0.15) is 0 Å². The molecule has 1 aromatic rings. The van der Waals surface area contributed by atoms with E-state index >= 15 is 0 Å². The lowest BCUT2D eigenvalue weighted by Gasteiger charge is -2.26. The molecule has 21 heavy (non-hydrogen) atoms. The maximum Gasteiger partial charge on any atom is 0.328 e. The highest BCUT2D eigenvalue weighted by Gasteiger charge is 2.30. The molecule has 0 saturated carbocycles. The van der Waals surface area contributed by atoms with Crippen LogP contribution in [0, 0.1) is 0 Å². The van der Waals surface area contributed by atoms with Crippen molar-refractivity contribution in [1.29, 1.82) is 0 Å². The summed E-state index contributed by atoms with van der Waals surface area (Å²) in [4.78, 5) is 12.5. The fraction of sp³-hybridized carbons (Fsp3) is 0.357. The molecule has 7 heteroatoms. The van der Waals surface area contributed by atoms with E-state index in [2.05, 4.69) is 15.9 Å². The molecular formula is C14H16BrNO4S. The molecule has 1 fully saturated rings. The third kappa shape index (κ3) is 4.07. The lowest BCUT2D eigenvalue weighted by molar-refractivity contribution is -0.131. The van der Waals surface area contributed by atoms with E-state index in [1.165, 1.54) is 6.08 Å². The topological polar surface area (TPSA) is 74.7 Å². The standard InChI is InChI=1S/C14H16BrNO4S/c1-16(12-6-7-21(19,20)9-12)11-4-2-10(13(15)8-11)3-5-14(17)18/h2-5,8,12H,6-7,9H2,1H3,(H,17,18)/b5-3+. The van der Waals surface area contributed by atoms with Crippen LogP contribution in [0.4, 0.5) is 5.69 Å². The van der Waals surface area contributed by atoms with Gasteiger partial charge in [0, 0.05) is 29.3 Å². The number of carboxylic acids is 1. The van der Waals surface area contributed by atoms with Crippen molar-refractivity contribution >= 4 is 43.5 Å². The lowest BCUT2D eigenvalue weighted by atomic mass is 10.1. The Labute approximate surface area is 132 Å². The first-order valence-corrected chi connectivity index (χ1v) is 9.04. The molecule has 1 aromatic carbocycles. The molecule has 0 spiro atoms. The van der Waals surface area contributed by atoms with Crippen LogP contribution in [0.15, 0.2) is 28.7 Å². The third-order valence-electron chi connectivity index (χ3n) is 3.55. The SMILES string of the molecule is CN(c1ccc(/C=C/C(=O)O)c(Br)c1)C1CCS(=O)(=O)C1. The zero-order valence-electron chi connectivity index (χ0n) is 11.5. The first kappa shape index (κ1) is 16.0. The fourth-order valence-electron chi connectivity index (χ4n) is 2.32. The van der Waals surface area contributed by atoms with Gasteiger partial charge in [-0.3, -0.25) is 0 Å². The minimum Gasteiger partial charge on any atom is -0.478 e. The molecule has 5 nitrogen and oxygen atoms in total. The highest BCUT2D eigenvalue weighted by molar-refractivity contribution is 9.10. The molecule has 1 atom stereocenters. The number of nitrogens with zero attached hydrogens (tertiary/aromatic N) is 1. The molecule has 1 N–H and O–H groups in total. The highest BCUT2D eigenvalue weighted by atomic mass is 79.9. The van der Waals surface area contributed by atoms with Crippen LogP contribution in [0.3, 0.4) is 0 Å². The Morgan fingerprint density at radius 1 is 1.48 bits per heavy atom. The minimum atomic E-state index is -2.91. The smallest absolute Gasteiger partial charge is 0.328 e. The number of rotatable bonds is 4. The van der Waals surface area contributed by atoms with Crippen LogP contribution in [0.25, 0.3) is 6.08 Å². The Morgan fingerprint density at radius 3 is 2.71 bits per heavy atom. The Hall–Kier alpha value is -1.34. The van der Waals surface area contributed by atoms with Gasteiger partial charge in [-0.05, 0) is 30.2 Å². The van der Waals surface area contributed by atoms with Gasteiger partial charge in [0.2, 0.25) is 0 Å². The van der Waals surface area contributed by atoms with E-state index in [0.29, 0.717) is 6.42 Å². The number of sulfone groups is 1. The second-order valence-corrected chi connectivity index (χ2v) is 8.13. The van der Waals surface area contributed by atoms with Gasteiger partial charge in [-0.2, -0.15) is 0 Å². The number of benzene rings is 1. The van der Waals surface area contributed by atoms with E-state index in [1.54, 1.807) is 6.07 Å². The van der Waals surface area contributed by atoms with Gasteiger partial charge in [0.05, 0.1) is 11.5 Å². The molecule has 0 radical (unpaired) electrons. The van der Waals surface area contributed by atoms with Crippen molar-refractivity contribution in [1.82, 2.24) is 0 Å². The molecule has 1 saturated heterocycles. The van der Waals surface area contributed by atoms with Crippen LogP contribution < -0.4 is 4.90 Å². The van der Waals surface area contributed by atoms with Crippen molar-refractivity contribution in [2.45, 2.75) is 12.5 Å². The van der Waals surface area contributed by atoms with E-state index in [1.807, 2.05) is 24.1 Å². The highest BCUT2D eigenvalue weighted by Crippen LogP contribution is 2.28. The summed E-state index contributed by atoms with van der Waals surface area (Å²) >= 11 is 3.41. The summed E-state index contributed by atoms with van der Waals surface area (Å²) in [5.74, 6) is -0.580. The van der Waals surface area contributed by atoms with E-state index in [9.17, 15) is 13.2 Å². The first-order chi connectivity index (χ1) is 9.78. The van der Waals surface area contributed by atoms with Crippen LogP contribution in [0.5, 0.6) is 0 Å². The zero-order chi connectivity index (χ0) is 15.6. The van der Waals surface area contributed by atoms with Gasteiger partial charge in [-0.15, -0.1) is 0 Å². The van der Waals surface area contributed by atoms with Crippen molar-refractivity contribution in [2.24, 2.45) is 0 Å². The Morgan fingerprint density at radius 2 is 2.19 bits per heavy atom. The molecule has 1 unspecified atom stereocenters. The summed E-state index contributed by atoms with van der Waals surface area (Å²) in [6.07, 6.45) is 3.22. The fourth-order valence-corrected chi connectivity index (χ4v) is 4.60. The van der Waals surface area contributed by atoms with Crippen LogP contribution in [0.1, 0.15) is 12.0 Å². The van der Waals surface area contributed by atoms with Crippen LogP contribution in [-0.2, 0) is 14.6 Å². The predicted molar refractivity (Wildman–Crippen MR) is 86.3 cm³/mol. The van der Waals surface area contributed by atoms with Crippen LogP contribution in [0.2, 0.25) is 0 Å². The van der Waals surface area contributed by atoms with Crippen LogP contribution in [-0.4, -0.2) is 44.1 Å². The van der Waals surface area contributed by atoms with E-state index in [-0.39, 0.29) is 17.5 Å².